The van der Waals surface area contributed by atoms with Gasteiger partial charge in [-0.15, -0.1) is 0 Å². The molecule has 9 nitrogen and oxygen atoms in total. The minimum atomic E-state index is -0.416. The van der Waals surface area contributed by atoms with Gasteiger partial charge in [0.1, 0.15) is 12.3 Å². The van der Waals surface area contributed by atoms with Crippen LogP contribution in [0.15, 0.2) is 33.7 Å². The van der Waals surface area contributed by atoms with Crippen LogP contribution in [0.25, 0.3) is 0 Å². The Hall–Kier alpha value is -2.94. The predicted molar refractivity (Wildman–Crippen MR) is 106 cm³/mol. The van der Waals surface area contributed by atoms with E-state index < -0.39 is 5.91 Å². The van der Waals surface area contributed by atoms with Crippen molar-refractivity contribution in [2.75, 3.05) is 31.5 Å². The van der Waals surface area contributed by atoms with Crippen molar-refractivity contribution in [2.24, 2.45) is 0 Å². The number of pyridine rings is 1. The summed E-state index contributed by atoms with van der Waals surface area (Å²) >= 11 is 0. The number of hydrogen-bond donors (Lipinski definition) is 1. The molecular weight excluding hydrogens is 374 g/mol. The van der Waals surface area contributed by atoms with Gasteiger partial charge in [-0.05, 0) is 32.4 Å². The van der Waals surface area contributed by atoms with Gasteiger partial charge in [-0.25, -0.2) is 0 Å². The highest BCUT2D eigenvalue weighted by Gasteiger charge is 2.31. The van der Waals surface area contributed by atoms with Crippen molar-refractivity contribution in [3.63, 3.8) is 0 Å². The fourth-order valence-electron chi connectivity index (χ4n) is 4.07. The second kappa shape index (κ2) is 8.20. The SMILES string of the molecule is Cc1cc(NC(=O)Cn2cc(C(=O)N3CCN4CCCCC4C3)ccc2=O)no1. The Morgan fingerprint density at radius 2 is 2.10 bits per heavy atom. The number of aryl methyl sites for hydroxylation is 1. The molecule has 2 amide bonds. The molecule has 2 aromatic rings. The molecular formula is C20H25N5O4. The van der Waals surface area contributed by atoms with Gasteiger partial charge in [0.2, 0.25) is 5.91 Å². The lowest BCUT2D eigenvalue weighted by molar-refractivity contribution is -0.116. The van der Waals surface area contributed by atoms with Crippen LogP contribution in [0.5, 0.6) is 0 Å². The molecule has 2 fully saturated rings. The summed E-state index contributed by atoms with van der Waals surface area (Å²) in [6, 6.07) is 4.88. The van der Waals surface area contributed by atoms with E-state index in [9.17, 15) is 14.4 Å². The van der Waals surface area contributed by atoms with E-state index in [4.69, 9.17) is 4.52 Å². The van der Waals surface area contributed by atoms with Crippen LogP contribution in [-0.4, -0.2) is 63.6 Å². The normalized spacial score (nSPS) is 19.6. The molecule has 4 rings (SSSR count). The van der Waals surface area contributed by atoms with Gasteiger partial charge in [-0.1, -0.05) is 11.6 Å². The fourth-order valence-corrected chi connectivity index (χ4v) is 4.07. The van der Waals surface area contributed by atoms with Gasteiger partial charge in [-0.2, -0.15) is 0 Å². The standard InChI is InChI=1S/C20H25N5O4/c1-14-10-17(22-29-14)21-18(26)13-25-11-15(5-6-19(25)27)20(28)24-9-8-23-7-3-2-4-16(23)12-24/h5-6,10-11,16H,2-4,7-9,12-13H2,1H3,(H,21,22,26). The largest absolute Gasteiger partial charge is 0.360 e. The van der Waals surface area contributed by atoms with Crippen molar-refractivity contribution in [3.05, 3.63) is 46.1 Å². The molecule has 0 aliphatic carbocycles. The first-order valence-electron chi connectivity index (χ1n) is 9.96. The summed E-state index contributed by atoms with van der Waals surface area (Å²) in [5.74, 6) is 0.346. The average molecular weight is 399 g/mol. The molecule has 9 heteroatoms. The Labute approximate surface area is 168 Å². The second-order valence-corrected chi connectivity index (χ2v) is 7.69. The number of carbonyl (C=O) groups excluding carboxylic acids is 2. The maximum absolute atomic E-state index is 13.0. The molecule has 0 bridgehead atoms. The number of fused-ring (bicyclic) bond motifs is 1. The topological polar surface area (TPSA) is 101 Å². The number of rotatable bonds is 4. The zero-order valence-electron chi connectivity index (χ0n) is 16.5. The molecule has 2 aliphatic rings. The molecule has 0 saturated carbocycles. The molecule has 0 radical (unpaired) electrons. The molecule has 2 aliphatic heterocycles. The molecule has 1 atom stereocenters. The maximum Gasteiger partial charge on any atom is 0.255 e. The summed E-state index contributed by atoms with van der Waals surface area (Å²) in [7, 11) is 0. The lowest BCUT2D eigenvalue weighted by Gasteiger charge is -2.44. The third-order valence-corrected chi connectivity index (χ3v) is 5.56. The van der Waals surface area contributed by atoms with Crippen LogP contribution in [0.4, 0.5) is 5.82 Å². The highest BCUT2D eigenvalue weighted by atomic mass is 16.5. The quantitative estimate of drug-likeness (QED) is 0.826. The molecule has 0 spiro atoms. The number of carbonyl (C=O) groups is 2. The van der Waals surface area contributed by atoms with Crippen LogP contribution in [0.2, 0.25) is 0 Å². The summed E-state index contributed by atoms with van der Waals surface area (Å²) in [4.78, 5) is 41.7. The number of aromatic nitrogens is 2. The molecule has 0 aromatic carbocycles. The third-order valence-electron chi connectivity index (χ3n) is 5.56. The summed E-state index contributed by atoms with van der Waals surface area (Å²) in [6.45, 7) is 4.90. The van der Waals surface area contributed by atoms with E-state index in [1.54, 1.807) is 13.0 Å². The first-order chi connectivity index (χ1) is 14.0. The smallest absolute Gasteiger partial charge is 0.255 e. The number of hydrogen-bond acceptors (Lipinski definition) is 6. The van der Waals surface area contributed by atoms with E-state index >= 15 is 0 Å². The van der Waals surface area contributed by atoms with Gasteiger partial charge < -0.3 is 19.3 Å². The van der Waals surface area contributed by atoms with Crippen molar-refractivity contribution >= 4 is 17.6 Å². The van der Waals surface area contributed by atoms with Crippen molar-refractivity contribution in [2.45, 2.75) is 38.8 Å². The monoisotopic (exact) mass is 399 g/mol. The van der Waals surface area contributed by atoms with Crippen LogP contribution in [0.1, 0.15) is 35.4 Å². The first kappa shape index (κ1) is 19.4. The van der Waals surface area contributed by atoms with Crippen LogP contribution in [0.3, 0.4) is 0 Å². The Morgan fingerprint density at radius 3 is 2.90 bits per heavy atom. The van der Waals surface area contributed by atoms with Crippen molar-refractivity contribution in [1.29, 1.82) is 0 Å². The zero-order chi connectivity index (χ0) is 20.4. The molecule has 2 saturated heterocycles. The van der Waals surface area contributed by atoms with Gasteiger partial charge in [0.25, 0.3) is 11.5 Å². The Balaban J connectivity index is 1.44. The van der Waals surface area contributed by atoms with Crippen LogP contribution in [-0.2, 0) is 11.3 Å². The predicted octanol–water partition coefficient (Wildman–Crippen LogP) is 1.09. The van der Waals surface area contributed by atoms with E-state index in [1.807, 2.05) is 4.90 Å². The average Bonchev–Trinajstić information content (AvgIpc) is 3.13. The summed E-state index contributed by atoms with van der Waals surface area (Å²) in [6.07, 6.45) is 5.01. The van der Waals surface area contributed by atoms with E-state index in [1.165, 1.54) is 35.7 Å². The van der Waals surface area contributed by atoms with Crippen LogP contribution in [0, 0.1) is 6.92 Å². The number of amides is 2. The number of nitrogens with one attached hydrogen (secondary N) is 1. The van der Waals surface area contributed by atoms with Gasteiger partial charge >= 0.3 is 0 Å². The van der Waals surface area contributed by atoms with Crippen LogP contribution < -0.4 is 10.9 Å². The molecule has 1 unspecified atom stereocenters. The van der Waals surface area contributed by atoms with E-state index in [2.05, 4.69) is 15.4 Å². The Bertz CT molecular complexity index is 966. The summed E-state index contributed by atoms with van der Waals surface area (Å²) in [5, 5.41) is 6.28. The Kier molecular flexibility index (Phi) is 5.48. The summed E-state index contributed by atoms with van der Waals surface area (Å²) < 4.78 is 6.15. The lowest BCUT2D eigenvalue weighted by Crippen LogP contribution is -2.56. The minimum Gasteiger partial charge on any atom is -0.360 e. The zero-order valence-corrected chi connectivity index (χ0v) is 16.5. The fraction of sp³-hybridized carbons (Fsp3) is 0.500. The second-order valence-electron chi connectivity index (χ2n) is 7.69. The van der Waals surface area contributed by atoms with E-state index in [0.717, 1.165) is 19.5 Å². The number of piperidine rings is 1. The van der Waals surface area contributed by atoms with E-state index in [-0.39, 0.29) is 23.8 Å². The first-order valence-corrected chi connectivity index (χ1v) is 9.96. The number of anilines is 1. The third kappa shape index (κ3) is 4.40. The Morgan fingerprint density at radius 1 is 1.24 bits per heavy atom. The molecule has 2 aromatic heterocycles. The highest BCUT2D eigenvalue weighted by Crippen LogP contribution is 2.22. The maximum atomic E-state index is 13.0. The number of nitrogens with zero attached hydrogens (tertiary/aromatic N) is 4. The van der Waals surface area contributed by atoms with Crippen LogP contribution >= 0.6 is 0 Å². The molecule has 1 N–H and O–H groups in total. The molecule has 29 heavy (non-hydrogen) atoms. The van der Waals surface area contributed by atoms with Gasteiger partial charge in [0, 0.05) is 44.0 Å². The minimum absolute atomic E-state index is 0.100. The van der Waals surface area contributed by atoms with Crippen molar-refractivity contribution < 1.29 is 14.1 Å². The van der Waals surface area contributed by atoms with Gasteiger partial charge in [0.05, 0.1) is 5.56 Å². The molecule has 154 valence electrons. The van der Waals surface area contributed by atoms with Crippen molar-refractivity contribution in [3.8, 4) is 0 Å². The van der Waals surface area contributed by atoms with Gasteiger partial charge in [0.15, 0.2) is 5.82 Å². The highest BCUT2D eigenvalue weighted by molar-refractivity contribution is 5.94. The van der Waals surface area contributed by atoms with E-state index in [0.29, 0.717) is 30.5 Å². The number of piperazine rings is 1. The lowest BCUT2D eigenvalue weighted by atomic mass is 9.99. The summed E-state index contributed by atoms with van der Waals surface area (Å²) in [5.41, 5.74) is 0.0732. The van der Waals surface area contributed by atoms with Crippen molar-refractivity contribution in [1.82, 2.24) is 19.5 Å². The molecule has 4 heterocycles. The van der Waals surface area contributed by atoms with Gasteiger partial charge in [-0.3, -0.25) is 19.3 Å².